The number of ether oxygens (including phenoxy) is 2. The van der Waals surface area contributed by atoms with Crippen molar-refractivity contribution in [1.82, 2.24) is 18.9 Å². The van der Waals surface area contributed by atoms with Gasteiger partial charge >= 0.3 is 12.3 Å². The van der Waals surface area contributed by atoms with Crippen molar-refractivity contribution in [2.24, 2.45) is 12.0 Å². The number of rotatable bonds is 5. The van der Waals surface area contributed by atoms with Gasteiger partial charge in [-0.1, -0.05) is 6.07 Å². The van der Waals surface area contributed by atoms with Crippen molar-refractivity contribution in [1.29, 1.82) is 0 Å². The Morgan fingerprint density at radius 2 is 1.85 bits per heavy atom. The molecule has 4 aromatic rings. The number of aromatic hydroxyl groups is 1. The number of fused-ring (bicyclic) bond motifs is 1. The Bertz CT molecular complexity index is 1940. The predicted octanol–water partition coefficient (Wildman–Crippen LogP) is 6.12. The summed E-state index contributed by atoms with van der Waals surface area (Å²) in [6, 6.07) is 6.54. The van der Waals surface area contributed by atoms with Crippen molar-refractivity contribution in [3.63, 3.8) is 0 Å². The van der Waals surface area contributed by atoms with E-state index >= 15 is 0 Å². The topological polar surface area (TPSA) is 113 Å². The predicted molar refractivity (Wildman–Crippen MR) is 159 cm³/mol. The van der Waals surface area contributed by atoms with Crippen molar-refractivity contribution in [3.8, 4) is 22.6 Å². The minimum atomic E-state index is -4.80. The Kier molecular flexibility index (Phi) is 8.41. The van der Waals surface area contributed by atoms with Gasteiger partial charge in [0, 0.05) is 48.9 Å². The lowest BCUT2D eigenvalue weighted by Crippen LogP contribution is -2.29. The van der Waals surface area contributed by atoms with Crippen LogP contribution in [0, 0.1) is 5.82 Å². The van der Waals surface area contributed by atoms with Crippen LogP contribution in [0.2, 0.25) is 0 Å². The molecule has 0 atom stereocenters. The van der Waals surface area contributed by atoms with Crippen LogP contribution in [0.5, 0.6) is 11.5 Å². The van der Waals surface area contributed by atoms with Crippen LogP contribution in [-0.4, -0.2) is 48.1 Å². The maximum Gasteiger partial charge on any atom is 0.437 e. The molecule has 2 aromatic carbocycles. The highest BCUT2D eigenvalue weighted by Crippen LogP contribution is 2.44. The lowest BCUT2D eigenvalue weighted by molar-refractivity contribution is -0.141. The smallest absolute Gasteiger partial charge is 0.437 e. The number of alkyl halides is 3. The molecule has 1 aliphatic rings. The van der Waals surface area contributed by atoms with Crippen molar-refractivity contribution >= 4 is 18.0 Å². The number of carbonyl (C=O) groups is 2. The lowest BCUT2D eigenvalue weighted by Gasteiger charge is -2.23. The van der Waals surface area contributed by atoms with Gasteiger partial charge < -0.3 is 23.7 Å². The van der Waals surface area contributed by atoms with Crippen molar-refractivity contribution < 1.29 is 41.7 Å². The van der Waals surface area contributed by atoms with Gasteiger partial charge in [0.1, 0.15) is 18.0 Å². The number of imidazole rings is 1. The zero-order valence-corrected chi connectivity index (χ0v) is 25.6. The first-order valence-corrected chi connectivity index (χ1v) is 14.2. The van der Waals surface area contributed by atoms with E-state index in [1.807, 2.05) is 0 Å². The van der Waals surface area contributed by atoms with Gasteiger partial charge in [-0.3, -0.25) is 9.48 Å². The summed E-state index contributed by atoms with van der Waals surface area (Å²) in [7, 11) is 1.66. The molecule has 0 saturated heterocycles. The molecular weight excluding hydrogens is 610 g/mol. The lowest BCUT2D eigenvalue weighted by atomic mass is 9.91. The number of hydrogen-bond acceptors (Lipinski definition) is 6. The summed E-state index contributed by atoms with van der Waals surface area (Å²) < 4.78 is 71.8. The number of benzene rings is 2. The van der Waals surface area contributed by atoms with Crippen molar-refractivity contribution in [2.75, 3.05) is 6.61 Å². The highest BCUT2D eigenvalue weighted by Gasteiger charge is 2.39. The fourth-order valence-electron chi connectivity index (χ4n) is 4.96. The van der Waals surface area contributed by atoms with Gasteiger partial charge in [-0.25, -0.2) is 9.18 Å². The molecule has 1 N–H and O–H groups in total. The van der Waals surface area contributed by atoms with Gasteiger partial charge in [0.25, 0.3) is 0 Å². The zero-order valence-electron chi connectivity index (χ0n) is 25.6. The number of phenolic OH excluding ortho intramolecular Hbond substituents is 1. The summed E-state index contributed by atoms with van der Waals surface area (Å²) in [6.45, 7) is 6.63. The summed E-state index contributed by atoms with van der Waals surface area (Å²) in [5.74, 6) is -2.02. The van der Waals surface area contributed by atoms with Gasteiger partial charge in [0.2, 0.25) is 5.62 Å². The number of ketones is 1. The first-order chi connectivity index (χ1) is 21.5. The van der Waals surface area contributed by atoms with Crippen molar-refractivity contribution in [3.05, 3.63) is 88.3 Å². The van der Waals surface area contributed by atoms with Gasteiger partial charge in [-0.2, -0.15) is 18.3 Å². The van der Waals surface area contributed by atoms with Crippen LogP contribution in [0.4, 0.5) is 22.4 Å². The molecule has 0 bridgehead atoms. The van der Waals surface area contributed by atoms with Crippen LogP contribution < -0.4 is 10.4 Å². The number of hydrogen-bond donors (Lipinski definition) is 1. The summed E-state index contributed by atoms with van der Waals surface area (Å²) in [5.41, 5.74) is -1.14. The molecule has 3 heterocycles. The Balaban J connectivity index is 1.66. The molecule has 10 nitrogen and oxygen atoms in total. The van der Waals surface area contributed by atoms with E-state index in [4.69, 9.17) is 9.47 Å². The number of Topliss-reactive ketones (excluding diaryl/α,β-unsaturated/α-hetero) is 1. The molecule has 0 radical (unpaired) electrons. The first kappa shape index (κ1) is 32.3. The maximum atomic E-state index is 14.2. The van der Waals surface area contributed by atoms with E-state index in [-0.39, 0.29) is 53.3 Å². The van der Waals surface area contributed by atoms with E-state index < -0.39 is 40.9 Å². The number of nitrogens with zero attached hydrogens (tertiary/aromatic N) is 5. The number of carbonyl (C=O) groups excluding carboxylic acids is 2. The minimum absolute atomic E-state index is 0.00383. The number of amides is 1. The van der Waals surface area contributed by atoms with E-state index in [1.54, 1.807) is 56.3 Å². The number of halogens is 4. The van der Waals surface area contributed by atoms with Gasteiger partial charge in [0.05, 0.1) is 12.1 Å². The second kappa shape index (κ2) is 12.0. The Hall–Kier alpha value is -5.14. The number of aromatic nitrogens is 4. The minimum Gasteiger partial charge on any atom is -0.505 e. The molecule has 2 aromatic heterocycles. The molecule has 14 heteroatoms. The van der Waals surface area contributed by atoms with Crippen LogP contribution in [-0.2, 0) is 31.1 Å². The molecule has 46 heavy (non-hydrogen) atoms. The highest BCUT2D eigenvalue weighted by molar-refractivity contribution is 6.15. The summed E-state index contributed by atoms with van der Waals surface area (Å²) in [4.78, 5) is 30.4. The average molecular weight is 642 g/mol. The molecule has 0 fully saturated rings. The average Bonchev–Trinajstić information content (AvgIpc) is 3.55. The van der Waals surface area contributed by atoms with Crippen molar-refractivity contribution in [2.45, 2.75) is 52.6 Å². The van der Waals surface area contributed by atoms with Gasteiger partial charge in [0.15, 0.2) is 23.0 Å². The van der Waals surface area contributed by atoms with E-state index in [0.717, 1.165) is 16.8 Å². The Morgan fingerprint density at radius 3 is 2.50 bits per heavy atom. The second-order valence-electron chi connectivity index (χ2n) is 11.7. The Morgan fingerprint density at radius 1 is 1.13 bits per heavy atom. The van der Waals surface area contributed by atoms with Crippen LogP contribution in [0.25, 0.3) is 17.2 Å². The first-order valence-electron chi connectivity index (χ1n) is 14.2. The van der Waals surface area contributed by atoms with Crippen LogP contribution in [0.1, 0.15) is 54.9 Å². The van der Waals surface area contributed by atoms with Crippen LogP contribution in [0.3, 0.4) is 0 Å². The molecule has 5 rings (SSSR count). The monoisotopic (exact) mass is 641 g/mol. The molecular formula is C32H31F4N5O5. The third kappa shape index (κ3) is 6.75. The highest BCUT2D eigenvalue weighted by atomic mass is 19.4. The molecule has 0 saturated carbocycles. The van der Waals surface area contributed by atoms with E-state index in [2.05, 4.69) is 10.1 Å². The van der Waals surface area contributed by atoms with E-state index in [9.17, 15) is 32.3 Å². The van der Waals surface area contributed by atoms with Gasteiger partial charge in [-0.15, -0.1) is 4.99 Å². The van der Waals surface area contributed by atoms with E-state index in [0.29, 0.717) is 11.1 Å². The Labute approximate surface area is 260 Å². The van der Waals surface area contributed by atoms with Crippen LogP contribution >= 0.6 is 0 Å². The quantitative estimate of drug-likeness (QED) is 0.208. The standard InChI is InChI=1S/C32H31F4N5O5/c1-6-41-16-23(28(38-41)32(34,35)36)21-12-19(15-40-10-9-39(5)29(40)37-30(44)46-31(2,3)4)13-22-26(43)20(17-45-27(21)22)11-18-7-8-24(33)25(42)14-18/h7-14,16,42H,6,15,17H2,1-5H3/b20-11+,37-29+. The van der Waals surface area contributed by atoms with Gasteiger partial charge in [-0.05, 0) is 69.2 Å². The zero-order chi connectivity index (χ0) is 33.6. The largest absolute Gasteiger partial charge is 0.505 e. The SMILES string of the molecule is CCn1cc(-c2cc(Cn3ccn(C)/c3=N\C(=O)OC(C)(C)C)cc3c2OC/C(=C\c2ccc(F)c(O)c2)C3=O)c(C(F)(F)F)n1. The molecule has 0 unspecified atom stereocenters. The molecule has 0 aliphatic carbocycles. The van der Waals surface area contributed by atoms with E-state index in [1.165, 1.54) is 30.5 Å². The molecule has 1 aliphatic heterocycles. The summed E-state index contributed by atoms with van der Waals surface area (Å²) in [5, 5.41) is 13.5. The summed E-state index contributed by atoms with van der Waals surface area (Å²) >= 11 is 0. The van der Waals surface area contributed by atoms with Crippen LogP contribution in [0.15, 0.2) is 59.5 Å². The second-order valence-corrected chi connectivity index (χ2v) is 11.7. The third-order valence-electron chi connectivity index (χ3n) is 6.99. The molecule has 1 amide bonds. The normalized spacial score (nSPS) is 14.8. The fraction of sp³-hybridized carbons (Fsp3) is 0.312. The summed E-state index contributed by atoms with van der Waals surface area (Å²) in [6.07, 6.45) is 0.298. The number of aryl methyl sites for hydroxylation is 2. The fourth-order valence-corrected chi connectivity index (χ4v) is 4.96. The maximum absolute atomic E-state index is 14.2. The number of phenols is 1. The molecule has 0 spiro atoms. The third-order valence-corrected chi connectivity index (χ3v) is 6.99. The molecule has 242 valence electrons.